The van der Waals surface area contributed by atoms with Crippen molar-refractivity contribution in [2.45, 2.75) is 32.6 Å². The third-order valence-corrected chi connectivity index (χ3v) is 3.47. The summed E-state index contributed by atoms with van der Waals surface area (Å²) in [5, 5.41) is 3.24. The fourth-order valence-electron chi connectivity index (χ4n) is 2.25. The van der Waals surface area contributed by atoms with E-state index in [9.17, 15) is 4.79 Å². The maximum absolute atomic E-state index is 12.2. The minimum atomic E-state index is 0.149. The second-order valence-electron chi connectivity index (χ2n) is 5.88. The highest BCUT2D eigenvalue weighted by Crippen LogP contribution is 2.23. The molecule has 0 aromatic heterocycles. The smallest absolute Gasteiger partial charge is 0.167 e. The summed E-state index contributed by atoms with van der Waals surface area (Å²) in [7, 11) is 0. The van der Waals surface area contributed by atoms with Crippen LogP contribution in [0.25, 0.3) is 0 Å². The SMILES string of the molecule is CC(C)(C)c1ccc(C(=O)C2CCNC2)cc1. The monoisotopic (exact) mass is 231 g/mol. The molecule has 0 amide bonds. The lowest BCUT2D eigenvalue weighted by molar-refractivity contribution is 0.0930. The highest BCUT2D eigenvalue weighted by Gasteiger charge is 2.23. The Morgan fingerprint density at radius 2 is 1.88 bits per heavy atom. The molecule has 17 heavy (non-hydrogen) atoms. The van der Waals surface area contributed by atoms with Crippen LogP contribution in [0.1, 0.15) is 43.1 Å². The summed E-state index contributed by atoms with van der Waals surface area (Å²) in [5.74, 6) is 0.464. The van der Waals surface area contributed by atoms with Crippen molar-refractivity contribution in [2.75, 3.05) is 13.1 Å². The molecule has 1 unspecified atom stereocenters. The minimum Gasteiger partial charge on any atom is -0.316 e. The number of benzene rings is 1. The first kappa shape index (κ1) is 12.3. The Morgan fingerprint density at radius 3 is 2.35 bits per heavy atom. The van der Waals surface area contributed by atoms with Gasteiger partial charge in [0, 0.05) is 18.0 Å². The van der Waals surface area contributed by atoms with Gasteiger partial charge in [-0.1, -0.05) is 45.0 Å². The molecule has 1 atom stereocenters. The molecule has 1 saturated heterocycles. The van der Waals surface area contributed by atoms with Gasteiger partial charge >= 0.3 is 0 Å². The number of rotatable bonds is 2. The van der Waals surface area contributed by atoms with Crippen molar-refractivity contribution in [1.82, 2.24) is 5.32 Å². The molecule has 1 aromatic carbocycles. The number of carbonyl (C=O) groups excluding carboxylic acids is 1. The van der Waals surface area contributed by atoms with Crippen molar-refractivity contribution in [1.29, 1.82) is 0 Å². The number of hydrogen-bond donors (Lipinski definition) is 1. The van der Waals surface area contributed by atoms with Crippen molar-refractivity contribution in [3.8, 4) is 0 Å². The Morgan fingerprint density at radius 1 is 1.24 bits per heavy atom. The quantitative estimate of drug-likeness (QED) is 0.793. The molecule has 1 fully saturated rings. The third kappa shape index (κ3) is 2.75. The second kappa shape index (κ2) is 4.61. The number of hydrogen-bond acceptors (Lipinski definition) is 2. The van der Waals surface area contributed by atoms with E-state index in [1.165, 1.54) is 5.56 Å². The summed E-state index contributed by atoms with van der Waals surface area (Å²) in [4.78, 5) is 12.2. The first-order valence-corrected chi connectivity index (χ1v) is 6.34. The standard InChI is InChI=1S/C15H21NO/c1-15(2,3)13-6-4-11(5-7-13)14(17)12-8-9-16-10-12/h4-7,12,16H,8-10H2,1-3H3. The molecule has 2 heteroatoms. The van der Waals surface area contributed by atoms with Gasteiger partial charge in [-0.3, -0.25) is 4.79 Å². The van der Waals surface area contributed by atoms with Gasteiger partial charge in [-0.2, -0.15) is 0 Å². The van der Waals surface area contributed by atoms with Crippen LogP contribution < -0.4 is 5.32 Å². The van der Waals surface area contributed by atoms with Crippen LogP contribution in [0.15, 0.2) is 24.3 Å². The lowest BCUT2D eigenvalue weighted by atomic mass is 9.86. The summed E-state index contributed by atoms with van der Waals surface area (Å²) in [5.41, 5.74) is 2.28. The van der Waals surface area contributed by atoms with E-state index in [2.05, 4.69) is 38.2 Å². The molecular weight excluding hydrogens is 210 g/mol. The normalized spacial score (nSPS) is 20.5. The lowest BCUT2D eigenvalue weighted by Gasteiger charge is -2.19. The topological polar surface area (TPSA) is 29.1 Å². The van der Waals surface area contributed by atoms with E-state index >= 15 is 0 Å². The molecule has 0 aliphatic carbocycles. The van der Waals surface area contributed by atoms with Crippen molar-refractivity contribution in [3.05, 3.63) is 35.4 Å². The van der Waals surface area contributed by atoms with Crippen molar-refractivity contribution in [3.63, 3.8) is 0 Å². The third-order valence-electron chi connectivity index (χ3n) is 3.47. The number of Topliss-reactive ketones (excluding diaryl/α,β-unsaturated/α-hetero) is 1. The zero-order valence-corrected chi connectivity index (χ0v) is 10.9. The van der Waals surface area contributed by atoms with Gasteiger partial charge in [-0.15, -0.1) is 0 Å². The Bertz CT molecular complexity index is 394. The summed E-state index contributed by atoms with van der Waals surface area (Å²) in [6.07, 6.45) is 0.972. The van der Waals surface area contributed by atoms with Crippen molar-refractivity contribution in [2.24, 2.45) is 5.92 Å². The fraction of sp³-hybridized carbons (Fsp3) is 0.533. The zero-order chi connectivity index (χ0) is 12.5. The highest BCUT2D eigenvalue weighted by atomic mass is 16.1. The first-order chi connectivity index (χ1) is 7.98. The highest BCUT2D eigenvalue weighted by molar-refractivity contribution is 5.98. The molecule has 0 bridgehead atoms. The maximum Gasteiger partial charge on any atom is 0.167 e. The Hall–Kier alpha value is -1.15. The summed E-state index contributed by atoms with van der Waals surface area (Å²) in [6.45, 7) is 8.36. The van der Waals surface area contributed by atoms with Crippen LogP contribution >= 0.6 is 0 Å². The molecular formula is C15H21NO. The molecule has 0 spiro atoms. The van der Waals surface area contributed by atoms with E-state index in [1.807, 2.05) is 12.1 Å². The van der Waals surface area contributed by atoms with Gasteiger partial charge in [0.2, 0.25) is 0 Å². The van der Waals surface area contributed by atoms with Gasteiger partial charge in [0.15, 0.2) is 5.78 Å². The van der Waals surface area contributed by atoms with Crippen LogP contribution in [-0.4, -0.2) is 18.9 Å². The van der Waals surface area contributed by atoms with E-state index in [1.54, 1.807) is 0 Å². The van der Waals surface area contributed by atoms with Gasteiger partial charge in [0.1, 0.15) is 0 Å². The zero-order valence-electron chi connectivity index (χ0n) is 10.9. The lowest BCUT2D eigenvalue weighted by Crippen LogP contribution is -2.18. The number of nitrogens with one attached hydrogen (secondary N) is 1. The van der Waals surface area contributed by atoms with Crippen molar-refractivity contribution >= 4 is 5.78 Å². The molecule has 2 nitrogen and oxygen atoms in total. The van der Waals surface area contributed by atoms with Crippen LogP contribution in [0, 0.1) is 5.92 Å². The van der Waals surface area contributed by atoms with Gasteiger partial charge in [-0.05, 0) is 23.9 Å². The fourth-order valence-corrected chi connectivity index (χ4v) is 2.25. The van der Waals surface area contributed by atoms with Gasteiger partial charge < -0.3 is 5.32 Å². The second-order valence-corrected chi connectivity index (χ2v) is 5.88. The Balaban J connectivity index is 2.15. The maximum atomic E-state index is 12.2. The molecule has 1 aromatic rings. The summed E-state index contributed by atoms with van der Waals surface area (Å²) in [6, 6.07) is 8.10. The van der Waals surface area contributed by atoms with E-state index in [-0.39, 0.29) is 17.1 Å². The van der Waals surface area contributed by atoms with E-state index < -0.39 is 0 Å². The Kier molecular flexibility index (Phi) is 3.34. The Labute approximate surface area is 103 Å². The number of carbonyl (C=O) groups is 1. The summed E-state index contributed by atoms with van der Waals surface area (Å²) >= 11 is 0. The minimum absolute atomic E-state index is 0.149. The van der Waals surface area contributed by atoms with E-state index in [0.29, 0.717) is 0 Å². The molecule has 1 N–H and O–H groups in total. The molecule has 1 heterocycles. The van der Waals surface area contributed by atoms with E-state index in [0.717, 1.165) is 25.1 Å². The molecule has 1 aliphatic rings. The number of ketones is 1. The van der Waals surface area contributed by atoms with Gasteiger partial charge in [0.05, 0.1) is 0 Å². The van der Waals surface area contributed by atoms with Gasteiger partial charge in [-0.25, -0.2) is 0 Å². The molecule has 2 rings (SSSR count). The van der Waals surface area contributed by atoms with Crippen LogP contribution in [0.4, 0.5) is 0 Å². The molecule has 0 radical (unpaired) electrons. The predicted molar refractivity (Wildman–Crippen MR) is 70.4 cm³/mol. The van der Waals surface area contributed by atoms with Crippen LogP contribution in [0.5, 0.6) is 0 Å². The largest absolute Gasteiger partial charge is 0.316 e. The molecule has 0 saturated carbocycles. The molecule has 92 valence electrons. The average molecular weight is 231 g/mol. The van der Waals surface area contributed by atoms with Crippen LogP contribution in [0.2, 0.25) is 0 Å². The first-order valence-electron chi connectivity index (χ1n) is 6.34. The molecule has 1 aliphatic heterocycles. The predicted octanol–water partition coefficient (Wildman–Crippen LogP) is 2.78. The average Bonchev–Trinajstić information content (AvgIpc) is 2.80. The summed E-state index contributed by atoms with van der Waals surface area (Å²) < 4.78 is 0. The van der Waals surface area contributed by atoms with Gasteiger partial charge in [0.25, 0.3) is 0 Å². The van der Waals surface area contributed by atoms with Crippen LogP contribution in [-0.2, 0) is 5.41 Å². The van der Waals surface area contributed by atoms with Crippen molar-refractivity contribution < 1.29 is 4.79 Å². The van der Waals surface area contributed by atoms with Crippen LogP contribution in [0.3, 0.4) is 0 Å². The van der Waals surface area contributed by atoms with E-state index in [4.69, 9.17) is 0 Å².